The van der Waals surface area contributed by atoms with Crippen molar-refractivity contribution < 1.29 is 9.53 Å². The average Bonchev–Trinajstić information content (AvgIpc) is 3.65. The second-order valence-corrected chi connectivity index (χ2v) is 8.65. The zero-order valence-electron chi connectivity index (χ0n) is 19.3. The van der Waals surface area contributed by atoms with Gasteiger partial charge in [0.2, 0.25) is 0 Å². The molecule has 0 amide bonds. The Morgan fingerprint density at radius 3 is 2.50 bits per heavy atom. The van der Waals surface area contributed by atoms with Gasteiger partial charge in [0.15, 0.2) is 0 Å². The zero-order valence-corrected chi connectivity index (χ0v) is 19.3. The smallest absolute Gasteiger partial charge is 0.314 e. The van der Waals surface area contributed by atoms with Gasteiger partial charge in [-0.1, -0.05) is 13.8 Å². The Morgan fingerprint density at radius 1 is 1.03 bits per heavy atom. The van der Waals surface area contributed by atoms with Crippen molar-refractivity contribution in [3.8, 4) is 28.3 Å². The Balaban J connectivity index is 1.34. The van der Waals surface area contributed by atoms with Crippen LogP contribution < -0.4 is 10.1 Å². The molecule has 1 fully saturated rings. The molecule has 0 atom stereocenters. The quantitative estimate of drug-likeness (QED) is 0.405. The van der Waals surface area contributed by atoms with E-state index >= 15 is 0 Å². The van der Waals surface area contributed by atoms with Crippen molar-refractivity contribution in [3.63, 3.8) is 0 Å². The Morgan fingerprint density at radius 2 is 1.82 bits per heavy atom. The molecule has 0 saturated heterocycles. The molecule has 0 radical (unpaired) electrons. The van der Waals surface area contributed by atoms with E-state index in [1.165, 1.54) is 0 Å². The van der Waals surface area contributed by atoms with Crippen LogP contribution in [0.1, 0.15) is 38.3 Å². The summed E-state index contributed by atoms with van der Waals surface area (Å²) in [6, 6.07) is 7.46. The Labute approximate surface area is 197 Å². The van der Waals surface area contributed by atoms with Gasteiger partial charge in [-0.2, -0.15) is 5.10 Å². The number of pyridine rings is 2. The number of carbonyl (C=O) groups excluding carboxylic acids is 1. The lowest BCUT2D eigenvalue weighted by Gasteiger charge is -2.11. The van der Waals surface area contributed by atoms with Gasteiger partial charge in [0.25, 0.3) is 0 Å². The summed E-state index contributed by atoms with van der Waals surface area (Å²) in [6.45, 7) is 4.16. The number of esters is 1. The van der Waals surface area contributed by atoms with E-state index in [1.807, 2.05) is 25.2 Å². The predicted molar refractivity (Wildman–Crippen MR) is 127 cm³/mol. The number of hydrogen-bond acceptors (Lipinski definition) is 8. The van der Waals surface area contributed by atoms with E-state index in [2.05, 4.69) is 44.2 Å². The van der Waals surface area contributed by atoms with Crippen molar-refractivity contribution in [1.82, 2.24) is 29.7 Å². The van der Waals surface area contributed by atoms with Gasteiger partial charge in [-0.3, -0.25) is 24.4 Å². The van der Waals surface area contributed by atoms with Crippen LogP contribution in [0.25, 0.3) is 22.5 Å². The molecule has 0 aliphatic heterocycles. The number of nitrogens with zero attached hydrogens (tertiary/aromatic N) is 6. The van der Waals surface area contributed by atoms with Crippen molar-refractivity contribution in [2.24, 2.45) is 13.0 Å². The molecule has 0 unspecified atom stereocenters. The third kappa shape index (κ3) is 4.63. The molecule has 172 valence electrons. The number of nitrogens with one attached hydrogen (secondary N) is 1. The van der Waals surface area contributed by atoms with Crippen LogP contribution >= 0.6 is 0 Å². The van der Waals surface area contributed by atoms with Gasteiger partial charge in [-0.15, -0.1) is 0 Å². The second kappa shape index (κ2) is 9.01. The number of hydrogen-bond donors (Lipinski definition) is 1. The Kier molecular flexibility index (Phi) is 5.75. The summed E-state index contributed by atoms with van der Waals surface area (Å²) in [5.41, 5.74) is 4.13. The highest BCUT2D eigenvalue weighted by Crippen LogP contribution is 2.32. The fraction of sp³-hybridized carbons (Fsp3) is 0.280. The molecular formula is C25H25N7O2. The zero-order chi connectivity index (χ0) is 23.7. The number of ether oxygens (including phenoxy) is 1. The predicted octanol–water partition coefficient (Wildman–Crippen LogP) is 4.52. The molecule has 0 aromatic carbocycles. The number of rotatable bonds is 7. The standard InChI is InChI=1S/C25H25N7O2/c1-15(2)22-13-26-14-23(30-22)31-24-19(12-29-32(24)3)21-8-6-17(10-27-21)20-9-7-18(11-28-20)34-25(33)16-4-5-16/h6-16H,4-5H2,1-3H3,(H,30,31). The maximum Gasteiger partial charge on any atom is 0.314 e. The summed E-state index contributed by atoms with van der Waals surface area (Å²) in [5, 5.41) is 7.72. The highest BCUT2D eigenvalue weighted by Gasteiger charge is 2.31. The van der Waals surface area contributed by atoms with Crippen molar-refractivity contribution in [2.75, 3.05) is 5.32 Å². The van der Waals surface area contributed by atoms with Crippen LogP contribution in [-0.2, 0) is 11.8 Å². The molecule has 1 aliphatic carbocycles. The molecule has 0 bridgehead atoms. The lowest BCUT2D eigenvalue weighted by atomic mass is 10.1. The lowest BCUT2D eigenvalue weighted by Crippen LogP contribution is -2.09. The van der Waals surface area contributed by atoms with E-state index in [0.717, 1.165) is 46.9 Å². The molecule has 9 nitrogen and oxygen atoms in total. The number of anilines is 2. The summed E-state index contributed by atoms with van der Waals surface area (Å²) in [5.74, 6) is 2.04. The van der Waals surface area contributed by atoms with Gasteiger partial charge < -0.3 is 10.1 Å². The highest BCUT2D eigenvalue weighted by atomic mass is 16.5. The normalized spacial score (nSPS) is 13.2. The molecular weight excluding hydrogens is 430 g/mol. The maximum atomic E-state index is 11.8. The average molecular weight is 456 g/mol. The molecule has 1 saturated carbocycles. The van der Waals surface area contributed by atoms with Crippen LogP contribution in [0, 0.1) is 5.92 Å². The van der Waals surface area contributed by atoms with Crippen LogP contribution in [-0.4, -0.2) is 35.7 Å². The number of aryl methyl sites for hydroxylation is 1. The first kappa shape index (κ1) is 21.7. The van der Waals surface area contributed by atoms with Gasteiger partial charge in [0, 0.05) is 25.0 Å². The van der Waals surface area contributed by atoms with E-state index in [1.54, 1.807) is 41.7 Å². The van der Waals surface area contributed by atoms with E-state index in [9.17, 15) is 4.79 Å². The topological polar surface area (TPSA) is 108 Å². The van der Waals surface area contributed by atoms with Gasteiger partial charge in [-0.25, -0.2) is 4.98 Å². The van der Waals surface area contributed by atoms with E-state index in [-0.39, 0.29) is 17.8 Å². The molecule has 0 spiro atoms. The van der Waals surface area contributed by atoms with Gasteiger partial charge >= 0.3 is 5.97 Å². The minimum Gasteiger partial charge on any atom is -0.425 e. The molecule has 9 heteroatoms. The molecule has 1 N–H and O–H groups in total. The van der Waals surface area contributed by atoms with Crippen molar-refractivity contribution >= 4 is 17.6 Å². The first-order valence-corrected chi connectivity index (χ1v) is 11.2. The van der Waals surface area contributed by atoms with Crippen LogP contribution in [0.15, 0.2) is 55.2 Å². The molecule has 5 rings (SSSR count). The van der Waals surface area contributed by atoms with E-state index in [4.69, 9.17) is 4.74 Å². The fourth-order valence-corrected chi connectivity index (χ4v) is 3.45. The molecule has 4 aromatic rings. The summed E-state index contributed by atoms with van der Waals surface area (Å²) in [4.78, 5) is 29.8. The molecule has 4 heterocycles. The van der Waals surface area contributed by atoms with E-state index < -0.39 is 0 Å². The van der Waals surface area contributed by atoms with Crippen molar-refractivity contribution in [1.29, 1.82) is 0 Å². The van der Waals surface area contributed by atoms with Crippen LogP contribution in [0.4, 0.5) is 11.6 Å². The first-order valence-electron chi connectivity index (χ1n) is 11.2. The largest absolute Gasteiger partial charge is 0.425 e. The van der Waals surface area contributed by atoms with Crippen LogP contribution in [0.2, 0.25) is 0 Å². The lowest BCUT2D eigenvalue weighted by molar-refractivity contribution is -0.135. The number of carbonyl (C=O) groups is 1. The minimum atomic E-state index is -0.177. The Hall–Kier alpha value is -4.14. The van der Waals surface area contributed by atoms with Crippen LogP contribution in [0.3, 0.4) is 0 Å². The second-order valence-electron chi connectivity index (χ2n) is 8.65. The van der Waals surface area contributed by atoms with Crippen LogP contribution in [0.5, 0.6) is 5.75 Å². The number of aromatic nitrogens is 6. The molecule has 4 aromatic heterocycles. The monoisotopic (exact) mass is 455 g/mol. The summed E-state index contributed by atoms with van der Waals surface area (Å²) in [7, 11) is 1.86. The first-order chi connectivity index (χ1) is 16.5. The van der Waals surface area contributed by atoms with E-state index in [0.29, 0.717) is 11.6 Å². The van der Waals surface area contributed by atoms with Crippen molar-refractivity contribution in [3.05, 3.63) is 60.9 Å². The minimum absolute atomic E-state index is 0.0504. The SMILES string of the molecule is CC(C)c1cncc(Nc2c(-c3ccc(-c4ccc(OC(=O)C5CC5)cn4)cn3)cnn2C)n1. The summed E-state index contributed by atoms with van der Waals surface area (Å²) in [6.07, 6.45) is 10.4. The van der Waals surface area contributed by atoms with Gasteiger partial charge in [-0.05, 0) is 43.0 Å². The third-order valence-electron chi connectivity index (χ3n) is 5.63. The van der Waals surface area contributed by atoms with Gasteiger partial charge in [0.1, 0.15) is 17.4 Å². The molecule has 34 heavy (non-hydrogen) atoms. The summed E-state index contributed by atoms with van der Waals surface area (Å²) >= 11 is 0. The fourth-order valence-electron chi connectivity index (χ4n) is 3.45. The third-order valence-corrected chi connectivity index (χ3v) is 5.63. The Bertz CT molecular complexity index is 1310. The summed E-state index contributed by atoms with van der Waals surface area (Å²) < 4.78 is 7.10. The maximum absolute atomic E-state index is 11.8. The highest BCUT2D eigenvalue weighted by molar-refractivity contribution is 5.78. The van der Waals surface area contributed by atoms with Gasteiger partial charge in [0.05, 0.1) is 47.2 Å². The van der Waals surface area contributed by atoms with Crippen molar-refractivity contribution in [2.45, 2.75) is 32.6 Å². The molecule has 1 aliphatic rings.